The molecule has 0 aliphatic carbocycles. The maximum atomic E-state index is 12.5. The molecule has 1 aromatic heterocycles. The molecule has 4 heteroatoms. The van der Waals surface area contributed by atoms with E-state index in [1.165, 1.54) is 12.1 Å². The Morgan fingerprint density at radius 2 is 1.48 bits per heavy atom. The zero-order valence-corrected chi connectivity index (χ0v) is 11.0. The Morgan fingerprint density at radius 1 is 0.810 bits per heavy atom. The van der Waals surface area contributed by atoms with Crippen LogP contribution in [0.2, 0.25) is 0 Å². The fraction of sp³-hybridized carbons (Fsp3) is 0. The molecule has 0 saturated carbocycles. The Labute approximate surface area is 120 Å². The van der Waals surface area contributed by atoms with Gasteiger partial charge in [-0.1, -0.05) is 42.5 Å². The van der Waals surface area contributed by atoms with Crippen LogP contribution in [0.15, 0.2) is 60.7 Å². The number of rotatable bonds is 3. The highest BCUT2D eigenvalue weighted by molar-refractivity contribution is 6.13. The van der Waals surface area contributed by atoms with E-state index in [-0.39, 0.29) is 16.8 Å². The zero-order chi connectivity index (χ0) is 14.8. The lowest BCUT2D eigenvalue weighted by Gasteiger charge is -2.05. The molecular weight excluding hydrogens is 266 g/mol. The fourth-order valence-corrected chi connectivity index (χ4v) is 2.20. The molecule has 1 heterocycles. The first-order valence-electron chi connectivity index (χ1n) is 6.39. The van der Waals surface area contributed by atoms with Gasteiger partial charge in [-0.25, -0.2) is 9.78 Å². The predicted molar refractivity (Wildman–Crippen MR) is 78.6 cm³/mol. The summed E-state index contributed by atoms with van der Waals surface area (Å²) < 4.78 is 0. The van der Waals surface area contributed by atoms with Crippen LogP contribution in [0.4, 0.5) is 0 Å². The predicted octanol–water partition coefficient (Wildman–Crippen LogP) is 3.16. The average molecular weight is 277 g/mol. The average Bonchev–Trinajstić information content (AvgIpc) is 2.53. The molecule has 1 N–H and O–H groups in total. The van der Waals surface area contributed by atoms with E-state index in [0.717, 1.165) is 5.39 Å². The summed E-state index contributed by atoms with van der Waals surface area (Å²) in [5.41, 5.74) is 1.07. The van der Waals surface area contributed by atoms with Crippen molar-refractivity contribution < 1.29 is 14.7 Å². The number of fused-ring (bicyclic) bond motifs is 1. The van der Waals surface area contributed by atoms with Crippen molar-refractivity contribution in [3.05, 3.63) is 77.5 Å². The van der Waals surface area contributed by atoms with Crippen LogP contribution >= 0.6 is 0 Å². The van der Waals surface area contributed by atoms with Gasteiger partial charge in [0.1, 0.15) is 5.69 Å². The summed E-state index contributed by atoms with van der Waals surface area (Å²) in [7, 11) is 0. The summed E-state index contributed by atoms with van der Waals surface area (Å²) in [4.78, 5) is 28.0. The highest BCUT2D eigenvalue weighted by Gasteiger charge is 2.18. The molecule has 0 fully saturated rings. The maximum absolute atomic E-state index is 12.5. The van der Waals surface area contributed by atoms with Gasteiger partial charge in [0.25, 0.3) is 0 Å². The van der Waals surface area contributed by atoms with Gasteiger partial charge in [-0.3, -0.25) is 4.79 Å². The van der Waals surface area contributed by atoms with Crippen molar-refractivity contribution in [3.8, 4) is 0 Å². The number of benzene rings is 2. The lowest BCUT2D eigenvalue weighted by atomic mass is 10.0. The van der Waals surface area contributed by atoms with E-state index in [4.69, 9.17) is 5.11 Å². The third-order valence-electron chi connectivity index (χ3n) is 3.23. The molecule has 0 amide bonds. The highest BCUT2D eigenvalue weighted by atomic mass is 16.4. The van der Waals surface area contributed by atoms with Gasteiger partial charge in [-0.2, -0.15) is 0 Å². The Morgan fingerprint density at radius 3 is 2.24 bits per heavy atom. The number of para-hydroxylation sites is 1. The summed E-state index contributed by atoms with van der Waals surface area (Å²) in [6.07, 6.45) is 0. The van der Waals surface area contributed by atoms with Crippen LogP contribution in [0.1, 0.15) is 26.4 Å². The summed E-state index contributed by atoms with van der Waals surface area (Å²) in [5, 5.41) is 10.1. The first-order valence-corrected chi connectivity index (χ1v) is 6.39. The van der Waals surface area contributed by atoms with Crippen molar-refractivity contribution in [1.82, 2.24) is 4.98 Å². The van der Waals surface area contributed by atoms with Gasteiger partial charge < -0.3 is 5.11 Å². The van der Waals surface area contributed by atoms with Crippen LogP contribution in [0, 0.1) is 0 Å². The van der Waals surface area contributed by atoms with E-state index in [9.17, 15) is 9.59 Å². The number of ketones is 1. The molecule has 0 bridgehead atoms. The third-order valence-corrected chi connectivity index (χ3v) is 3.23. The van der Waals surface area contributed by atoms with Gasteiger partial charge in [-0.15, -0.1) is 0 Å². The second kappa shape index (κ2) is 5.17. The van der Waals surface area contributed by atoms with Crippen LogP contribution in [-0.4, -0.2) is 21.8 Å². The molecule has 0 radical (unpaired) electrons. The van der Waals surface area contributed by atoms with Crippen molar-refractivity contribution in [2.75, 3.05) is 0 Å². The minimum absolute atomic E-state index is 0.0162. The molecule has 3 rings (SSSR count). The lowest BCUT2D eigenvalue weighted by molar-refractivity contribution is 0.0692. The molecule has 2 aromatic carbocycles. The monoisotopic (exact) mass is 277 g/mol. The summed E-state index contributed by atoms with van der Waals surface area (Å²) in [5.74, 6) is -1.52. The molecule has 0 aliphatic heterocycles. The molecular formula is C17H11NO3. The molecule has 0 atom stereocenters. The zero-order valence-electron chi connectivity index (χ0n) is 11.0. The summed E-state index contributed by atoms with van der Waals surface area (Å²) in [6.45, 7) is 0. The van der Waals surface area contributed by atoms with E-state index in [2.05, 4.69) is 4.98 Å². The van der Waals surface area contributed by atoms with Crippen LogP contribution in [0.25, 0.3) is 10.9 Å². The van der Waals surface area contributed by atoms with Gasteiger partial charge in [0.05, 0.1) is 11.1 Å². The molecule has 0 saturated heterocycles. The second-order valence-corrected chi connectivity index (χ2v) is 4.57. The van der Waals surface area contributed by atoms with Crippen molar-refractivity contribution in [1.29, 1.82) is 0 Å². The SMILES string of the molecule is O=C(O)c1ccccc1C(=O)c1ccc2ccccc2n1. The van der Waals surface area contributed by atoms with Gasteiger partial charge in [0.2, 0.25) is 5.78 Å². The van der Waals surface area contributed by atoms with Crippen molar-refractivity contribution in [2.24, 2.45) is 0 Å². The molecule has 0 aliphatic rings. The van der Waals surface area contributed by atoms with Crippen molar-refractivity contribution in [2.45, 2.75) is 0 Å². The topological polar surface area (TPSA) is 67.3 Å². The largest absolute Gasteiger partial charge is 0.478 e. The third kappa shape index (κ3) is 2.39. The summed E-state index contributed by atoms with van der Waals surface area (Å²) >= 11 is 0. The lowest BCUT2D eigenvalue weighted by Crippen LogP contribution is -2.10. The van der Waals surface area contributed by atoms with Crippen molar-refractivity contribution in [3.63, 3.8) is 0 Å². The molecule has 0 unspecified atom stereocenters. The first kappa shape index (κ1) is 13.0. The van der Waals surface area contributed by atoms with Crippen molar-refractivity contribution >= 4 is 22.7 Å². The summed E-state index contributed by atoms with van der Waals surface area (Å²) in [6, 6.07) is 17.0. The van der Waals surface area contributed by atoms with E-state index in [0.29, 0.717) is 5.52 Å². The minimum atomic E-state index is -1.13. The second-order valence-electron chi connectivity index (χ2n) is 4.57. The Kier molecular flexibility index (Phi) is 3.20. The van der Waals surface area contributed by atoms with Gasteiger partial charge in [-0.05, 0) is 18.2 Å². The van der Waals surface area contributed by atoms with E-state index >= 15 is 0 Å². The smallest absolute Gasteiger partial charge is 0.336 e. The van der Waals surface area contributed by atoms with Gasteiger partial charge in [0.15, 0.2) is 0 Å². The van der Waals surface area contributed by atoms with Crippen LogP contribution < -0.4 is 0 Å². The number of aromatic nitrogens is 1. The number of carbonyl (C=O) groups is 2. The molecule has 3 aromatic rings. The van der Waals surface area contributed by atoms with Gasteiger partial charge in [0, 0.05) is 10.9 Å². The number of hydrogen-bond acceptors (Lipinski definition) is 3. The molecule has 0 spiro atoms. The number of carbonyl (C=O) groups excluding carboxylic acids is 1. The maximum Gasteiger partial charge on any atom is 0.336 e. The van der Waals surface area contributed by atoms with E-state index in [1.807, 2.05) is 24.3 Å². The molecule has 21 heavy (non-hydrogen) atoms. The standard InChI is InChI=1S/C17H11NO3/c19-16(12-6-2-3-7-13(12)17(20)21)15-10-9-11-5-1-4-8-14(11)18-15/h1-10H,(H,20,21). The van der Waals surface area contributed by atoms with Crippen LogP contribution in [-0.2, 0) is 0 Å². The minimum Gasteiger partial charge on any atom is -0.478 e. The number of carboxylic acid groups (broad SMARTS) is 1. The first-order chi connectivity index (χ1) is 10.2. The normalized spacial score (nSPS) is 10.5. The Bertz CT molecular complexity index is 855. The number of aromatic carboxylic acids is 1. The number of carboxylic acids is 1. The van der Waals surface area contributed by atoms with E-state index < -0.39 is 11.8 Å². The number of nitrogens with zero attached hydrogens (tertiary/aromatic N) is 1. The van der Waals surface area contributed by atoms with E-state index in [1.54, 1.807) is 24.3 Å². The fourth-order valence-electron chi connectivity index (χ4n) is 2.20. The van der Waals surface area contributed by atoms with Gasteiger partial charge >= 0.3 is 5.97 Å². The molecule has 4 nitrogen and oxygen atoms in total. The van der Waals surface area contributed by atoms with Crippen LogP contribution in [0.3, 0.4) is 0 Å². The van der Waals surface area contributed by atoms with Crippen LogP contribution in [0.5, 0.6) is 0 Å². The molecule has 102 valence electrons. The number of hydrogen-bond donors (Lipinski definition) is 1. The Hall–Kier alpha value is -3.01. The Balaban J connectivity index is 2.10. The highest BCUT2D eigenvalue weighted by Crippen LogP contribution is 2.17. The quantitative estimate of drug-likeness (QED) is 0.747. The number of pyridine rings is 1.